The van der Waals surface area contributed by atoms with Crippen molar-refractivity contribution in [1.29, 1.82) is 0 Å². The van der Waals surface area contributed by atoms with Gasteiger partial charge in [-0.05, 0) is 30.5 Å². The lowest BCUT2D eigenvalue weighted by atomic mass is 9.93. The summed E-state index contributed by atoms with van der Waals surface area (Å²) in [4.78, 5) is 0. The van der Waals surface area contributed by atoms with Crippen LogP contribution in [0.1, 0.15) is 26.3 Å². The monoisotopic (exact) mass is 287 g/mol. The van der Waals surface area contributed by atoms with Gasteiger partial charge < -0.3 is 10.1 Å². The number of benzene rings is 1. The number of hydrogen-bond acceptors (Lipinski definition) is 2. The summed E-state index contributed by atoms with van der Waals surface area (Å²) in [5.74, 6) is 0.0296. The summed E-state index contributed by atoms with van der Waals surface area (Å²) in [5, 5.41) is 3.55. The van der Waals surface area contributed by atoms with Crippen molar-refractivity contribution in [3.8, 4) is 0 Å². The van der Waals surface area contributed by atoms with Crippen LogP contribution in [0.5, 0.6) is 0 Å². The molecule has 0 spiro atoms. The van der Waals surface area contributed by atoms with Gasteiger partial charge >= 0.3 is 0 Å². The normalized spacial score (nSPS) is 14.7. The molecular formula is C15H23ClFNO. The fourth-order valence-corrected chi connectivity index (χ4v) is 2.60. The predicted octanol–water partition coefficient (Wildman–Crippen LogP) is 3.67. The van der Waals surface area contributed by atoms with Crippen LogP contribution in [0.25, 0.3) is 0 Å². The van der Waals surface area contributed by atoms with Gasteiger partial charge in [0, 0.05) is 13.2 Å². The molecule has 0 radical (unpaired) electrons. The average Bonchev–Trinajstić information content (AvgIpc) is 2.35. The highest BCUT2D eigenvalue weighted by atomic mass is 35.5. The van der Waals surface area contributed by atoms with Gasteiger partial charge in [0.1, 0.15) is 5.82 Å². The van der Waals surface area contributed by atoms with E-state index in [1.807, 2.05) is 6.92 Å². The zero-order valence-electron chi connectivity index (χ0n) is 12.0. The molecule has 4 heteroatoms. The van der Waals surface area contributed by atoms with E-state index in [4.69, 9.17) is 16.3 Å². The van der Waals surface area contributed by atoms with Gasteiger partial charge in [0.25, 0.3) is 0 Å². The number of ether oxygens (including phenoxy) is 1. The summed E-state index contributed by atoms with van der Waals surface area (Å²) in [6.45, 7) is 7.06. The standard InChI is InChI=1S/C15H23ClFNO/c1-5-18-13(15(19-4)10(2)3)9-11-7-6-8-12(16)14(11)17/h6-8,10,13,15,18H,5,9H2,1-4H3. The lowest BCUT2D eigenvalue weighted by molar-refractivity contribution is 0.0335. The summed E-state index contributed by atoms with van der Waals surface area (Å²) >= 11 is 5.82. The van der Waals surface area contributed by atoms with Crippen molar-refractivity contribution in [2.24, 2.45) is 5.92 Å². The Labute approximate surface area is 120 Å². The number of nitrogens with one attached hydrogen (secondary N) is 1. The van der Waals surface area contributed by atoms with Crippen LogP contribution in [0.3, 0.4) is 0 Å². The van der Waals surface area contributed by atoms with Crippen molar-refractivity contribution in [3.63, 3.8) is 0 Å². The van der Waals surface area contributed by atoms with Crippen LogP contribution < -0.4 is 5.32 Å². The van der Waals surface area contributed by atoms with E-state index in [1.165, 1.54) is 0 Å². The quantitative estimate of drug-likeness (QED) is 0.826. The van der Waals surface area contributed by atoms with Crippen molar-refractivity contribution in [2.45, 2.75) is 39.3 Å². The number of hydrogen-bond donors (Lipinski definition) is 1. The van der Waals surface area contributed by atoms with Crippen molar-refractivity contribution in [2.75, 3.05) is 13.7 Å². The molecule has 0 aliphatic heterocycles. The summed E-state index contributed by atoms with van der Waals surface area (Å²) in [5.41, 5.74) is 0.626. The second-order valence-corrected chi connectivity index (χ2v) is 5.43. The van der Waals surface area contributed by atoms with E-state index >= 15 is 0 Å². The molecule has 2 nitrogen and oxygen atoms in total. The molecule has 0 fully saturated rings. The Kier molecular flexibility index (Phi) is 6.76. The van der Waals surface area contributed by atoms with E-state index in [9.17, 15) is 4.39 Å². The maximum Gasteiger partial charge on any atom is 0.145 e. The van der Waals surface area contributed by atoms with E-state index in [0.717, 1.165) is 6.54 Å². The first-order valence-corrected chi connectivity index (χ1v) is 7.08. The Balaban J connectivity index is 2.91. The van der Waals surface area contributed by atoms with E-state index in [2.05, 4.69) is 19.2 Å². The van der Waals surface area contributed by atoms with Gasteiger partial charge in [-0.2, -0.15) is 0 Å². The van der Waals surface area contributed by atoms with E-state index in [0.29, 0.717) is 17.9 Å². The van der Waals surface area contributed by atoms with Gasteiger partial charge in [-0.15, -0.1) is 0 Å². The molecule has 1 rings (SSSR count). The van der Waals surface area contributed by atoms with Crippen LogP contribution in [0, 0.1) is 11.7 Å². The fraction of sp³-hybridized carbons (Fsp3) is 0.600. The molecule has 2 unspecified atom stereocenters. The highest BCUT2D eigenvalue weighted by Gasteiger charge is 2.25. The first-order valence-electron chi connectivity index (χ1n) is 6.70. The number of halogens is 2. The number of rotatable bonds is 7. The maximum atomic E-state index is 14.0. The minimum atomic E-state index is -0.328. The number of likely N-dealkylation sites (N-methyl/N-ethyl adjacent to an activating group) is 1. The smallest absolute Gasteiger partial charge is 0.145 e. The minimum Gasteiger partial charge on any atom is -0.380 e. The fourth-order valence-electron chi connectivity index (χ4n) is 2.41. The minimum absolute atomic E-state index is 0.0401. The summed E-state index contributed by atoms with van der Waals surface area (Å²) < 4.78 is 19.5. The van der Waals surface area contributed by atoms with E-state index < -0.39 is 0 Å². The molecule has 0 aliphatic carbocycles. The first kappa shape index (κ1) is 16.4. The number of methoxy groups -OCH3 is 1. The largest absolute Gasteiger partial charge is 0.380 e. The molecule has 0 heterocycles. The van der Waals surface area contributed by atoms with Crippen molar-refractivity contribution < 1.29 is 9.13 Å². The molecule has 19 heavy (non-hydrogen) atoms. The third kappa shape index (κ3) is 4.44. The molecule has 1 N–H and O–H groups in total. The topological polar surface area (TPSA) is 21.3 Å². The molecular weight excluding hydrogens is 265 g/mol. The Bertz CT molecular complexity index is 398. The lowest BCUT2D eigenvalue weighted by Crippen LogP contribution is -2.45. The Morgan fingerprint density at radius 1 is 1.37 bits per heavy atom. The lowest BCUT2D eigenvalue weighted by Gasteiger charge is -2.30. The van der Waals surface area contributed by atoms with E-state index in [-0.39, 0.29) is 23.0 Å². The molecule has 108 valence electrons. The zero-order valence-corrected chi connectivity index (χ0v) is 12.8. The van der Waals surface area contributed by atoms with Gasteiger partial charge in [0.05, 0.1) is 11.1 Å². The van der Waals surface area contributed by atoms with E-state index in [1.54, 1.807) is 25.3 Å². The third-order valence-electron chi connectivity index (χ3n) is 3.26. The van der Waals surface area contributed by atoms with Gasteiger partial charge in [-0.1, -0.05) is 44.5 Å². The molecule has 0 saturated carbocycles. The van der Waals surface area contributed by atoms with Gasteiger partial charge in [0.2, 0.25) is 0 Å². The average molecular weight is 288 g/mol. The summed E-state index contributed by atoms with van der Waals surface area (Å²) in [6, 6.07) is 5.20. The molecule has 0 bridgehead atoms. The van der Waals surface area contributed by atoms with Crippen LogP contribution in [0.15, 0.2) is 18.2 Å². The summed E-state index contributed by atoms with van der Waals surface area (Å²) in [6.07, 6.45) is 0.607. The molecule has 0 amide bonds. The van der Waals surface area contributed by atoms with Gasteiger partial charge in [-0.3, -0.25) is 0 Å². The van der Waals surface area contributed by atoms with Crippen LogP contribution in [-0.4, -0.2) is 25.8 Å². The van der Waals surface area contributed by atoms with Gasteiger partial charge in [0.15, 0.2) is 0 Å². The van der Waals surface area contributed by atoms with Crippen LogP contribution >= 0.6 is 11.6 Å². The van der Waals surface area contributed by atoms with Crippen LogP contribution in [0.4, 0.5) is 4.39 Å². The van der Waals surface area contributed by atoms with Gasteiger partial charge in [-0.25, -0.2) is 4.39 Å². The molecule has 1 aromatic rings. The highest BCUT2D eigenvalue weighted by Crippen LogP contribution is 2.21. The zero-order chi connectivity index (χ0) is 14.4. The summed E-state index contributed by atoms with van der Waals surface area (Å²) in [7, 11) is 1.70. The molecule has 0 aliphatic rings. The van der Waals surface area contributed by atoms with Crippen molar-refractivity contribution in [3.05, 3.63) is 34.6 Å². The molecule has 0 aromatic heterocycles. The SMILES string of the molecule is CCNC(Cc1cccc(Cl)c1F)C(OC)C(C)C. The Morgan fingerprint density at radius 3 is 2.58 bits per heavy atom. The van der Waals surface area contributed by atoms with Crippen molar-refractivity contribution >= 4 is 11.6 Å². The van der Waals surface area contributed by atoms with Crippen LogP contribution in [-0.2, 0) is 11.2 Å². The maximum absolute atomic E-state index is 14.0. The predicted molar refractivity (Wildman–Crippen MR) is 78.2 cm³/mol. The van der Waals surface area contributed by atoms with Crippen molar-refractivity contribution in [1.82, 2.24) is 5.32 Å². The Morgan fingerprint density at radius 2 is 2.05 bits per heavy atom. The molecule has 0 saturated heterocycles. The molecule has 1 aromatic carbocycles. The molecule has 2 atom stereocenters. The second kappa shape index (κ2) is 7.83. The third-order valence-corrected chi connectivity index (χ3v) is 3.56. The Hall–Kier alpha value is -0.640. The highest BCUT2D eigenvalue weighted by molar-refractivity contribution is 6.30. The van der Waals surface area contributed by atoms with Crippen LogP contribution in [0.2, 0.25) is 5.02 Å². The first-order chi connectivity index (χ1) is 9.01. The second-order valence-electron chi connectivity index (χ2n) is 5.03.